The fraction of sp³-hybridized carbons (Fsp3) is 0.333. The maximum atomic E-state index is 12.1. The lowest BCUT2D eigenvalue weighted by Gasteiger charge is -2.17. The summed E-state index contributed by atoms with van der Waals surface area (Å²) in [4.78, 5) is 16.3. The number of aliphatic imine (C=N–C) groups is 1. The predicted octanol–water partition coefficient (Wildman–Crippen LogP) is 2.64. The number of hydrogen-bond donors (Lipinski definition) is 1. The Bertz CT molecular complexity index is 615. The number of carbonyl (C=O) groups is 1. The van der Waals surface area contributed by atoms with Crippen molar-refractivity contribution in [2.45, 2.75) is 12.8 Å². The first-order valence-electron chi connectivity index (χ1n) is 6.56. The van der Waals surface area contributed by atoms with Gasteiger partial charge in [0.25, 0.3) is 5.91 Å². The van der Waals surface area contributed by atoms with Crippen LogP contribution in [-0.4, -0.2) is 25.2 Å². The van der Waals surface area contributed by atoms with Crippen LogP contribution in [0.15, 0.2) is 39.9 Å². The molecule has 0 spiro atoms. The number of hydrogen-bond acceptors (Lipinski definition) is 3. The molecule has 0 saturated heterocycles. The van der Waals surface area contributed by atoms with Gasteiger partial charge in [-0.2, -0.15) is 0 Å². The Morgan fingerprint density at radius 2 is 2.37 bits per heavy atom. The highest BCUT2D eigenvalue weighted by Crippen LogP contribution is 2.17. The van der Waals surface area contributed by atoms with Crippen LogP contribution in [0, 0.1) is 5.92 Å². The average molecular weight is 256 g/mol. The van der Waals surface area contributed by atoms with Crippen molar-refractivity contribution < 1.29 is 9.21 Å². The lowest BCUT2D eigenvalue weighted by atomic mass is 10.00. The molecule has 4 nitrogen and oxygen atoms in total. The molecule has 1 aliphatic rings. The molecule has 1 atom stereocenters. The van der Waals surface area contributed by atoms with Gasteiger partial charge in [0.05, 0.1) is 6.26 Å². The number of carbonyl (C=O) groups excluding carboxylic acids is 1. The highest BCUT2D eigenvalue weighted by molar-refractivity contribution is 5.97. The van der Waals surface area contributed by atoms with Gasteiger partial charge in [-0.05, 0) is 49.2 Å². The number of furan rings is 1. The SMILES string of the molecule is O=C(NCC1CC=NCC1)c1ccc2occc2c1. The molecule has 4 heteroatoms. The van der Waals surface area contributed by atoms with Gasteiger partial charge in [0.15, 0.2) is 0 Å². The van der Waals surface area contributed by atoms with Crippen LogP contribution in [0.4, 0.5) is 0 Å². The molecule has 0 radical (unpaired) electrons. The third kappa shape index (κ3) is 2.67. The number of nitrogens with zero attached hydrogens (tertiary/aromatic N) is 1. The van der Waals surface area contributed by atoms with Crippen LogP contribution in [0.5, 0.6) is 0 Å². The molecule has 0 fully saturated rings. The average Bonchev–Trinajstić information content (AvgIpc) is 2.93. The van der Waals surface area contributed by atoms with Gasteiger partial charge >= 0.3 is 0 Å². The maximum Gasteiger partial charge on any atom is 0.251 e. The second-order valence-corrected chi connectivity index (χ2v) is 4.86. The first-order chi connectivity index (χ1) is 9.33. The van der Waals surface area contributed by atoms with Crippen LogP contribution in [0.3, 0.4) is 0 Å². The number of fused-ring (bicyclic) bond motifs is 1. The third-order valence-electron chi connectivity index (χ3n) is 3.50. The van der Waals surface area contributed by atoms with Crippen molar-refractivity contribution in [3.63, 3.8) is 0 Å². The Morgan fingerprint density at radius 3 is 3.21 bits per heavy atom. The molecule has 98 valence electrons. The number of amides is 1. The summed E-state index contributed by atoms with van der Waals surface area (Å²) < 4.78 is 5.26. The van der Waals surface area contributed by atoms with Gasteiger partial charge in [0.1, 0.15) is 5.58 Å². The molecule has 0 aliphatic carbocycles. The van der Waals surface area contributed by atoms with Gasteiger partial charge in [-0.3, -0.25) is 9.79 Å². The first-order valence-corrected chi connectivity index (χ1v) is 6.56. The molecule has 3 rings (SSSR count). The van der Waals surface area contributed by atoms with E-state index in [1.54, 1.807) is 12.3 Å². The Balaban J connectivity index is 1.64. The molecule has 2 aromatic rings. The molecule has 1 aromatic heterocycles. The van der Waals surface area contributed by atoms with Crippen molar-refractivity contribution in [1.82, 2.24) is 5.32 Å². The van der Waals surface area contributed by atoms with Gasteiger partial charge in [0, 0.05) is 24.0 Å². The molecule has 1 aromatic carbocycles. The monoisotopic (exact) mass is 256 g/mol. The molecule has 19 heavy (non-hydrogen) atoms. The van der Waals surface area contributed by atoms with E-state index < -0.39 is 0 Å². The van der Waals surface area contributed by atoms with E-state index in [4.69, 9.17) is 4.42 Å². The van der Waals surface area contributed by atoms with Crippen molar-refractivity contribution in [3.8, 4) is 0 Å². The van der Waals surface area contributed by atoms with Crippen molar-refractivity contribution in [3.05, 3.63) is 36.1 Å². The molecule has 0 bridgehead atoms. The van der Waals surface area contributed by atoms with E-state index in [1.165, 1.54) is 0 Å². The molecule has 2 heterocycles. The zero-order chi connectivity index (χ0) is 13.1. The largest absolute Gasteiger partial charge is 0.464 e. The van der Waals surface area contributed by atoms with Crippen LogP contribution >= 0.6 is 0 Å². The van der Waals surface area contributed by atoms with E-state index in [-0.39, 0.29) is 5.91 Å². The van der Waals surface area contributed by atoms with Crippen LogP contribution in [0.1, 0.15) is 23.2 Å². The van der Waals surface area contributed by atoms with Gasteiger partial charge in [-0.25, -0.2) is 0 Å². The zero-order valence-corrected chi connectivity index (χ0v) is 10.6. The fourth-order valence-corrected chi connectivity index (χ4v) is 2.32. The fourth-order valence-electron chi connectivity index (χ4n) is 2.32. The number of rotatable bonds is 3. The van der Waals surface area contributed by atoms with E-state index in [2.05, 4.69) is 10.3 Å². The van der Waals surface area contributed by atoms with E-state index in [0.717, 1.165) is 30.4 Å². The highest BCUT2D eigenvalue weighted by atomic mass is 16.3. The van der Waals surface area contributed by atoms with Crippen molar-refractivity contribution in [2.75, 3.05) is 13.1 Å². The van der Waals surface area contributed by atoms with Crippen LogP contribution in [0.2, 0.25) is 0 Å². The van der Waals surface area contributed by atoms with Crippen molar-refractivity contribution in [2.24, 2.45) is 10.9 Å². The van der Waals surface area contributed by atoms with Crippen LogP contribution in [0.25, 0.3) is 11.0 Å². The molecule has 1 amide bonds. The van der Waals surface area contributed by atoms with Crippen LogP contribution in [-0.2, 0) is 0 Å². The van der Waals surface area contributed by atoms with E-state index in [9.17, 15) is 4.79 Å². The minimum Gasteiger partial charge on any atom is -0.464 e. The standard InChI is InChI=1S/C15H16N2O2/c18-15(17-10-11-3-6-16-7-4-11)13-1-2-14-12(9-13)5-8-19-14/h1-2,5-6,8-9,11H,3-4,7,10H2,(H,17,18). The summed E-state index contributed by atoms with van der Waals surface area (Å²) in [5.41, 5.74) is 1.48. The second kappa shape index (κ2) is 5.26. The maximum absolute atomic E-state index is 12.1. The van der Waals surface area contributed by atoms with Gasteiger partial charge < -0.3 is 9.73 Å². The van der Waals surface area contributed by atoms with Gasteiger partial charge in [0.2, 0.25) is 0 Å². The summed E-state index contributed by atoms with van der Waals surface area (Å²) in [6.45, 7) is 1.59. The van der Waals surface area contributed by atoms with Crippen LogP contribution < -0.4 is 5.32 Å². The van der Waals surface area contributed by atoms with E-state index >= 15 is 0 Å². The van der Waals surface area contributed by atoms with Gasteiger partial charge in [-0.1, -0.05) is 0 Å². The summed E-state index contributed by atoms with van der Waals surface area (Å²) in [6, 6.07) is 7.35. The minimum atomic E-state index is -0.0226. The summed E-state index contributed by atoms with van der Waals surface area (Å²) in [5, 5.41) is 3.95. The Morgan fingerprint density at radius 1 is 1.42 bits per heavy atom. The zero-order valence-electron chi connectivity index (χ0n) is 10.6. The molecule has 1 unspecified atom stereocenters. The van der Waals surface area contributed by atoms with E-state index in [0.29, 0.717) is 18.0 Å². The predicted molar refractivity (Wildman–Crippen MR) is 74.6 cm³/mol. The topological polar surface area (TPSA) is 54.6 Å². The van der Waals surface area contributed by atoms with E-state index in [1.807, 2.05) is 24.4 Å². The third-order valence-corrected chi connectivity index (χ3v) is 3.50. The molecule has 1 N–H and O–H groups in total. The highest BCUT2D eigenvalue weighted by Gasteiger charge is 2.13. The molecule has 0 saturated carbocycles. The Labute approximate surface area is 111 Å². The molecular weight excluding hydrogens is 240 g/mol. The summed E-state index contributed by atoms with van der Waals surface area (Å²) >= 11 is 0. The second-order valence-electron chi connectivity index (χ2n) is 4.86. The normalized spacial score (nSPS) is 18.6. The summed E-state index contributed by atoms with van der Waals surface area (Å²) in [6.07, 6.45) is 5.60. The summed E-state index contributed by atoms with van der Waals surface area (Å²) in [7, 11) is 0. The lowest BCUT2D eigenvalue weighted by molar-refractivity contribution is 0.0947. The van der Waals surface area contributed by atoms with Crippen molar-refractivity contribution >= 4 is 23.1 Å². The first kappa shape index (κ1) is 12.0. The quantitative estimate of drug-likeness (QED) is 0.917. The molecule has 1 aliphatic heterocycles. The minimum absolute atomic E-state index is 0.0226. The van der Waals surface area contributed by atoms with Gasteiger partial charge in [-0.15, -0.1) is 0 Å². The molecular formula is C15H16N2O2. The lowest BCUT2D eigenvalue weighted by Crippen LogP contribution is -2.30. The number of nitrogens with one attached hydrogen (secondary N) is 1. The number of benzene rings is 1. The van der Waals surface area contributed by atoms with Crippen molar-refractivity contribution in [1.29, 1.82) is 0 Å². The Hall–Kier alpha value is -2.10. The Kier molecular flexibility index (Phi) is 3.31. The summed E-state index contributed by atoms with van der Waals surface area (Å²) in [5.74, 6) is 0.490. The smallest absolute Gasteiger partial charge is 0.251 e.